The molecule has 3 aliphatic rings. The van der Waals surface area contributed by atoms with Gasteiger partial charge in [0.2, 0.25) is 0 Å². The third kappa shape index (κ3) is 2.64. The molecule has 0 bridgehead atoms. The van der Waals surface area contributed by atoms with E-state index < -0.39 is 0 Å². The van der Waals surface area contributed by atoms with Gasteiger partial charge in [-0.3, -0.25) is 0 Å². The van der Waals surface area contributed by atoms with Crippen LogP contribution in [0.4, 0.5) is 0 Å². The maximum atomic E-state index is 11.9. The van der Waals surface area contributed by atoms with Gasteiger partial charge in [0.05, 0.1) is 32.5 Å². The number of methoxy groups -OCH3 is 1. The highest BCUT2D eigenvalue weighted by atomic mass is 16.7. The fourth-order valence-electron chi connectivity index (χ4n) is 5.05. The molecule has 2 aliphatic heterocycles. The Labute approximate surface area is 148 Å². The van der Waals surface area contributed by atoms with Crippen LogP contribution in [0.2, 0.25) is 0 Å². The van der Waals surface area contributed by atoms with E-state index in [1.54, 1.807) is 0 Å². The number of ether oxygens (including phenoxy) is 4. The molecule has 136 valence electrons. The van der Waals surface area contributed by atoms with Crippen molar-refractivity contribution in [2.75, 3.05) is 26.9 Å². The van der Waals surface area contributed by atoms with Crippen LogP contribution in [0.1, 0.15) is 54.9 Å². The van der Waals surface area contributed by atoms with Gasteiger partial charge in [0.1, 0.15) is 5.75 Å². The van der Waals surface area contributed by atoms with Crippen molar-refractivity contribution in [1.82, 2.24) is 0 Å². The Morgan fingerprint density at radius 3 is 2.76 bits per heavy atom. The lowest BCUT2D eigenvalue weighted by molar-refractivity contribution is -0.199. The lowest BCUT2D eigenvalue weighted by Gasteiger charge is -2.49. The van der Waals surface area contributed by atoms with E-state index in [4.69, 9.17) is 18.9 Å². The van der Waals surface area contributed by atoms with Gasteiger partial charge in [0.25, 0.3) is 0 Å². The van der Waals surface area contributed by atoms with E-state index in [1.165, 1.54) is 12.7 Å². The molecule has 5 nitrogen and oxygen atoms in total. The van der Waals surface area contributed by atoms with Crippen molar-refractivity contribution < 1.29 is 23.7 Å². The third-order valence-electron chi connectivity index (χ3n) is 6.40. The number of rotatable bonds is 2. The van der Waals surface area contributed by atoms with Gasteiger partial charge in [-0.15, -0.1) is 0 Å². The first kappa shape index (κ1) is 16.9. The molecule has 1 saturated heterocycles. The Kier molecular flexibility index (Phi) is 4.24. The average Bonchev–Trinajstić information content (AvgIpc) is 3.03. The van der Waals surface area contributed by atoms with Crippen LogP contribution in [0.25, 0.3) is 0 Å². The predicted octanol–water partition coefficient (Wildman–Crippen LogP) is 3.45. The van der Waals surface area contributed by atoms with Crippen LogP contribution in [0, 0.1) is 5.92 Å². The predicted molar refractivity (Wildman–Crippen MR) is 91.8 cm³/mol. The molecule has 0 unspecified atom stereocenters. The lowest BCUT2D eigenvalue weighted by Crippen LogP contribution is -2.48. The molecule has 0 aromatic heterocycles. The zero-order chi connectivity index (χ0) is 17.5. The van der Waals surface area contributed by atoms with Crippen molar-refractivity contribution in [1.29, 1.82) is 0 Å². The quantitative estimate of drug-likeness (QED) is 0.768. The van der Waals surface area contributed by atoms with Crippen molar-refractivity contribution in [3.8, 4) is 5.75 Å². The molecule has 1 aliphatic carbocycles. The second-order valence-electron chi connectivity index (χ2n) is 7.36. The van der Waals surface area contributed by atoms with E-state index in [0.717, 1.165) is 37.9 Å². The number of fused-ring (bicyclic) bond motifs is 3. The minimum Gasteiger partial charge on any atom is -0.493 e. The van der Waals surface area contributed by atoms with Gasteiger partial charge < -0.3 is 18.9 Å². The normalized spacial score (nSPS) is 30.1. The molecular weight excluding hydrogens is 320 g/mol. The number of carbonyl (C=O) groups excluding carboxylic acids is 1. The molecule has 1 spiro atoms. The first-order valence-electron chi connectivity index (χ1n) is 9.26. The molecule has 0 radical (unpaired) electrons. The topological polar surface area (TPSA) is 54.0 Å². The van der Waals surface area contributed by atoms with Crippen molar-refractivity contribution in [3.05, 3.63) is 29.3 Å². The molecule has 2 atom stereocenters. The Bertz CT molecular complexity index is 664. The maximum absolute atomic E-state index is 11.9. The van der Waals surface area contributed by atoms with Crippen LogP contribution < -0.4 is 4.74 Å². The molecule has 2 heterocycles. The highest BCUT2D eigenvalue weighted by molar-refractivity contribution is 5.90. The van der Waals surface area contributed by atoms with Crippen LogP contribution in [0.5, 0.6) is 5.75 Å². The molecule has 25 heavy (non-hydrogen) atoms. The van der Waals surface area contributed by atoms with Gasteiger partial charge in [0.15, 0.2) is 5.79 Å². The summed E-state index contributed by atoms with van der Waals surface area (Å²) < 4.78 is 22.9. The van der Waals surface area contributed by atoms with Crippen LogP contribution in [-0.4, -0.2) is 38.7 Å². The monoisotopic (exact) mass is 346 g/mol. The molecule has 5 heteroatoms. The third-order valence-corrected chi connectivity index (χ3v) is 6.40. The van der Waals surface area contributed by atoms with Crippen LogP contribution in [-0.2, 0) is 19.6 Å². The molecule has 0 amide bonds. The van der Waals surface area contributed by atoms with Gasteiger partial charge in [-0.25, -0.2) is 4.79 Å². The summed E-state index contributed by atoms with van der Waals surface area (Å²) in [5.74, 6) is 0.568. The van der Waals surface area contributed by atoms with Crippen molar-refractivity contribution in [2.45, 2.75) is 50.2 Å². The van der Waals surface area contributed by atoms with E-state index in [0.29, 0.717) is 31.3 Å². The zero-order valence-electron chi connectivity index (χ0n) is 15.0. The highest BCUT2D eigenvalue weighted by Gasteiger charge is 2.53. The summed E-state index contributed by atoms with van der Waals surface area (Å²) in [5, 5.41) is 0. The summed E-state index contributed by atoms with van der Waals surface area (Å²) in [5.41, 5.74) is 1.82. The van der Waals surface area contributed by atoms with Crippen LogP contribution in [0.15, 0.2) is 18.2 Å². The highest BCUT2D eigenvalue weighted by Crippen LogP contribution is 2.55. The molecule has 2 fully saturated rings. The summed E-state index contributed by atoms with van der Waals surface area (Å²) in [6.45, 7) is 4.30. The molecule has 1 aromatic rings. The van der Waals surface area contributed by atoms with E-state index in [1.807, 2.05) is 12.1 Å². The molecule has 1 saturated carbocycles. The first-order valence-corrected chi connectivity index (χ1v) is 9.26. The number of hydrogen-bond acceptors (Lipinski definition) is 5. The Hall–Kier alpha value is -1.59. The largest absolute Gasteiger partial charge is 0.493 e. The fourth-order valence-corrected chi connectivity index (χ4v) is 5.05. The summed E-state index contributed by atoms with van der Waals surface area (Å²) in [4.78, 5) is 11.9. The van der Waals surface area contributed by atoms with E-state index in [-0.39, 0.29) is 17.2 Å². The van der Waals surface area contributed by atoms with Gasteiger partial charge in [-0.2, -0.15) is 0 Å². The summed E-state index contributed by atoms with van der Waals surface area (Å²) in [7, 11) is 1.40. The average molecular weight is 346 g/mol. The van der Waals surface area contributed by atoms with E-state index in [9.17, 15) is 4.79 Å². The van der Waals surface area contributed by atoms with Gasteiger partial charge in [0, 0.05) is 23.8 Å². The van der Waals surface area contributed by atoms with Crippen LogP contribution in [0.3, 0.4) is 0 Å². The molecule has 0 N–H and O–H groups in total. The van der Waals surface area contributed by atoms with Gasteiger partial charge in [-0.05, 0) is 37.3 Å². The maximum Gasteiger partial charge on any atom is 0.337 e. The first-order chi connectivity index (χ1) is 12.1. The Morgan fingerprint density at radius 1 is 1.24 bits per heavy atom. The van der Waals surface area contributed by atoms with Crippen LogP contribution >= 0.6 is 0 Å². The zero-order valence-corrected chi connectivity index (χ0v) is 15.0. The summed E-state index contributed by atoms with van der Waals surface area (Å²) in [6.07, 6.45) is 4.87. The summed E-state index contributed by atoms with van der Waals surface area (Å²) >= 11 is 0. The second-order valence-corrected chi connectivity index (χ2v) is 7.36. The van der Waals surface area contributed by atoms with Crippen molar-refractivity contribution in [2.24, 2.45) is 5.92 Å². The number of carbonyl (C=O) groups is 1. The number of benzene rings is 1. The van der Waals surface area contributed by atoms with E-state index >= 15 is 0 Å². The second kappa shape index (κ2) is 6.29. The standard InChI is InChI=1S/C20H26O5/c1-3-19-7-8-20(24-10-11-25-20)13-15(19)6-9-23-17-12-14(18(21)22-2)4-5-16(17)19/h4-5,12,15H,3,6-11,13H2,1-2H3/t15-,19+/m1/s1. The number of hydrogen-bond donors (Lipinski definition) is 0. The molecular formula is C20H26O5. The minimum absolute atomic E-state index is 0.0566. The van der Waals surface area contributed by atoms with Crippen molar-refractivity contribution >= 4 is 5.97 Å². The van der Waals surface area contributed by atoms with Gasteiger partial charge >= 0.3 is 5.97 Å². The lowest BCUT2D eigenvalue weighted by atomic mass is 9.59. The van der Waals surface area contributed by atoms with Crippen molar-refractivity contribution in [3.63, 3.8) is 0 Å². The summed E-state index contributed by atoms with van der Waals surface area (Å²) in [6, 6.07) is 5.77. The smallest absolute Gasteiger partial charge is 0.337 e. The number of esters is 1. The fraction of sp³-hybridized carbons (Fsp3) is 0.650. The van der Waals surface area contributed by atoms with E-state index in [2.05, 4.69) is 13.0 Å². The molecule has 4 rings (SSSR count). The Balaban J connectivity index is 1.72. The van der Waals surface area contributed by atoms with Gasteiger partial charge in [-0.1, -0.05) is 13.0 Å². The molecule has 1 aromatic carbocycles. The Morgan fingerprint density at radius 2 is 2.04 bits per heavy atom. The minimum atomic E-state index is -0.389. The SMILES string of the molecule is CC[C@]12CCC3(C[C@H]1CCOc1cc(C(=O)OC)ccc12)OCCO3.